The summed E-state index contributed by atoms with van der Waals surface area (Å²) in [5, 5.41) is 4.30. The molecule has 1 aromatic heterocycles. The standard InChI is InChI=1S/C24H25ClF3N7O2/c25-17-12-14(1-2-18(17)26)15-11-16(23(29)32-13-15)24(33-30)35(31)19-3-4-20(22(28)21(19)27)37-10-7-34-5-8-36-9-6-34/h1-4,11-13H,5-10,30-31H2,(H2,29,32)/b33-24-. The molecule has 13 heteroatoms. The van der Waals surface area contributed by atoms with Crippen molar-refractivity contribution in [1.82, 2.24) is 9.88 Å². The molecule has 3 aromatic rings. The second-order valence-electron chi connectivity index (χ2n) is 8.12. The molecule has 2 heterocycles. The van der Waals surface area contributed by atoms with E-state index in [1.54, 1.807) is 0 Å². The van der Waals surface area contributed by atoms with Crippen molar-refractivity contribution in [2.45, 2.75) is 0 Å². The van der Waals surface area contributed by atoms with Crippen LogP contribution in [0, 0.1) is 17.5 Å². The third-order valence-corrected chi connectivity index (χ3v) is 6.11. The lowest BCUT2D eigenvalue weighted by molar-refractivity contribution is 0.0320. The normalized spacial score (nSPS) is 14.6. The number of anilines is 2. The van der Waals surface area contributed by atoms with Gasteiger partial charge in [0.2, 0.25) is 5.82 Å². The number of amidine groups is 1. The molecule has 0 spiro atoms. The molecular formula is C24H25ClF3N7O2. The molecule has 1 aliphatic heterocycles. The maximum atomic E-state index is 15.0. The van der Waals surface area contributed by atoms with Crippen LogP contribution in [0.2, 0.25) is 5.02 Å². The Morgan fingerprint density at radius 2 is 1.86 bits per heavy atom. The van der Waals surface area contributed by atoms with Gasteiger partial charge in [-0.15, -0.1) is 0 Å². The molecule has 37 heavy (non-hydrogen) atoms. The van der Waals surface area contributed by atoms with E-state index >= 15 is 4.39 Å². The molecule has 4 rings (SSSR count). The number of rotatable bonds is 7. The summed E-state index contributed by atoms with van der Waals surface area (Å²) in [7, 11) is 0. The molecule has 0 bridgehead atoms. The van der Waals surface area contributed by atoms with Gasteiger partial charge in [-0.3, -0.25) is 9.91 Å². The van der Waals surface area contributed by atoms with Gasteiger partial charge in [-0.25, -0.2) is 19.6 Å². The smallest absolute Gasteiger partial charge is 0.202 e. The van der Waals surface area contributed by atoms with Crippen molar-refractivity contribution >= 4 is 28.9 Å². The third-order valence-electron chi connectivity index (χ3n) is 5.82. The molecule has 2 aromatic carbocycles. The fourth-order valence-corrected chi connectivity index (χ4v) is 3.97. The molecule has 1 fully saturated rings. The molecule has 6 N–H and O–H groups in total. The van der Waals surface area contributed by atoms with Crippen LogP contribution in [-0.4, -0.2) is 55.2 Å². The van der Waals surface area contributed by atoms with Crippen molar-refractivity contribution < 1.29 is 22.6 Å². The van der Waals surface area contributed by atoms with E-state index in [0.29, 0.717) is 30.9 Å². The Balaban J connectivity index is 1.55. The molecule has 1 saturated heterocycles. The maximum absolute atomic E-state index is 15.0. The Bertz CT molecular complexity index is 1310. The van der Waals surface area contributed by atoms with Gasteiger partial charge in [-0.1, -0.05) is 17.7 Å². The number of hydrazine groups is 1. The fourth-order valence-electron chi connectivity index (χ4n) is 3.79. The first-order valence-electron chi connectivity index (χ1n) is 11.2. The zero-order chi connectivity index (χ0) is 26.5. The van der Waals surface area contributed by atoms with E-state index in [1.807, 2.05) is 0 Å². The summed E-state index contributed by atoms with van der Waals surface area (Å²) in [5.41, 5.74) is 6.78. The van der Waals surface area contributed by atoms with Crippen LogP contribution in [0.25, 0.3) is 11.1 Å². The van der Waals surface area contributed by atoms with Crippen LogP contribution in [0.15, 0.2) is 47.7 Å². The van der Waals surface area contributed by atoms with E-state index in [1.165, 1.54) is 42.6 Å². The lowest BCUT2D eigenvalue weighted by Gasteiger charge is -2.26. The summed E-state index contributed by atoms with van der Waals surface area (Å²) >= 11 is 5.88. The molecule has 0 aliphatic carbocycles. The first-order chi connectivity index (χ1) is 17.8. The number of benzene rings is 2. The van der Waals surface area contributed by atoms with Gasteiger partial charge in [0, 0.05) is 31.4 Å². The minimum atomic E-state index is -1.26. The first kappa shape index (κ1) is 26.5. The number of ether oxygens (including phenoxy) is 2. The Morgan fingerprint density at radius 1 is 1.11 bits per heavy atom. The number of pyridine rings is 1. The summed E-state index contributed by atoms with van der Waals surface area (Å²) in [6.45, 7) is 3.44. The van der Waals surface area contributed by atoms with Crippen LogP contribution in [0.4, 0.5) is 24.7 Å². The van der Waals surface area contributed by atoms with Crippen molar-refractivity contribution in [3.63, 3.8) is 0 Å². The number of nitrogens with two attached hydrogens (primary N) is 3. The van der Waals surface area contributed by atoms with Crippen LogP contribution in [0.1, 0.15) is 5.56 Å². The van der Waals surface area contributed by atoms with Gasteiger partial charge in [0.05, 0.1) is 29.5 Å². The van der Waals surface area contributed by atoms with E-state index in [9.17, 15) is 8.78 Å². The molecule has 0 amide bonds. The number of morpholine rings is 1. The predicted molar refractivity (Wildman–Crippen MR) is 136 cm³/mol. The number of halogens is 4. The average Bonchev–Trinajstić information content (AvgIpc) is 2.90. The van der Waals surface area contributed by atoms with Crippen molar-refractivity contribution in [1.29, 1.82) is 0 Å². The minimum absolute atomic E-state index is 0.0273. The van der Waals surface area contributed by atoms with Crippen LogP contribution in [0.5, 0.6) is 5.75 Å². The minimum Gasteiger partial charge on any atom is -0.489 e. The zero-order valence-electron chi connectivity index (χ0n) is 19.6. The van der Waals surface area contributed by atoms with Crippen LogP contribution >= 0.6 is 11.6 Å². The largest absolute Gasteiger partial charge is 0.489 e. The highest BCUT2D eigenvalue weighted by Gasteiger charge is 2.24. The highest BCUT2D eigenvalue weighted by atomic mass is 35.5. The summed E-state index contributed by atoms with van der Waals surface area (Å²) in [4.78, 5) is 6.20. The predicted octanol–water partition coefficient (Wildman–Crippen LogP) is 3.11. The summed E-state index contributed by atoms with van der Waals surface area (Å²) < 4.78 is 54.2. The molecule has 196 valence electrons. The van der Waals surface area contributed by atoms with Crippen LogP contribution in [-0.2, 0) is 4.74 Å². The van der Waals surface area contributed by atoms with Gasteiger partial charge in [0.15, 0.2) is 17.4 Å². The van der Waals surface area contributed by atoms with Gasteiger partial charge >= 0.3 is 0 Å². The Kier molecular flexibility index (Phi) is 8.34. The van der Waals surface area contributed by atoms with Crippen molar-refractivity contribution in [2.24, 2.45) is 16.8 Å². The first-order valence-corrected chi connectivity index (χ1v) is 11.6. The second kappa shape index (κ2) is 11.6. The van der Waals surface area contributed by atoms with Crippen LogP contribution in [0.3, 0.4) is 0 Å². The molecular weight excluding hydrogens is 511 g/mol. The van der Waals surface area contributed by atoms with Gasteiger partial charge < -0.3 is 21.1 Å². The number of nitrogen functional groups attached to an aromatic ring is 1. The van der Waals surface area contributed by atoms with Crippen molar-refractivity contribution in [2.75, 3.05) is 50.2 Å². The molecule has 0 unspecified atom stereocenters. The fraction of sp³-hybridized carbons (Fsp3) is 0.250. The Labute approximate surface area is 216 Å². The Hall–Kier alpha value is -3.58. The number of nitrogens with zero attached hydrogens (tertiary/aromatic N) is 4. The zero-order valence-corrected chi connectivity index (χ0v) is 20.4. The molecule has 1 aliphatic rings. The van der Waals surface area contributed by atoms with E-state index in [4.69, 9.17) is 38.5 Å². The summed E-state index contributed by atoms with van der Waals surface area (Å²) in [5.74, 6) is 8.11. The van der Waals surface area contributed by atoms with Crippen molar-refractivity contribution in [3.05, 3.63) is 70.6 Å². The summed E-state index contributed by atoms with van der Waals surface area (Å²) in [6, 6.07) is 8.11. The number of hydrogen-bond acceptors (Lipinski definition) is 8. The Morgan fingerprint density at radius 3 is 2.57 bits per heavy atom. The van der Waals surface area contributed by atoms with E-state index in [2.05, 4.69) is 15.0 Å². The maximum Gasteiger partial charge on any atom is 0.202 e. The highest BCUT2D eigenvalue weighted by Crippen LogP contribution is 2.30. The lowest BCUT2D eigenvalue weighted by Crippen LogP contribution is -2.40. The van der Waals surface area contributed by atoms with Gasteiger partial charge in [0.25, 0.3) is 0 Å². The SMILES string of the molecule is N/N=C(/c1cc(-c2ccc(F)c(Cl)c2)cnc1N)N(N)c1ccc(OCCN2CCOCC2)c(F)c1F. The summed E-state index contributed by atoms with van der Waals surface area (Å²) in [6.07, 6.45) is 1.43. The number of aromatic nitrogens is 1. The van der Waals surface area contributed by atoms with E-state index in [0.717, 1.165) is 18.1 Å². The number of hydrazone groups is 1. The van der Waals surface area contributed by atoms with Crippen LogP contribution < -0.4 is 27.2 Å². The molecule has 0 saturated carbocycles. The third kappa shape index (κ3) is 5.88. The lowest BCUT2D eigenvalue weighted by atomic mass is 10.0. The molecule has 9 nitrogen and oxygen atoms in total. The van der Waals surface area contributed by atoms with E-state index in [-0.39, 0.29) is 40.3 Å². The van der Waals surface area contributed by atoms with Gasteiger partial charge in [-0.2, -0.15) is 9.49 Å². The molecule has 0 radical (unpaired) electrons. The molecule has 0 atom stereocenters. The topological polar surface area (TPSA) is 128 Å². The highest BCUT2D eigenvalue weighted by molar-refractivity contribution is 6.31. The van der Waals surface area contributed by atoms with E-state index < -0.39 is 17.5 Å². The monoisotopic (exact) mass is 535 g/mol. The van der Waals surface area contributed by atoms with Gasteiger partial charge in [-0.05, 0) is 35.9 Å². The second-order valence-corrected chi connectivity index (χ2v) is 8.53. The quantitative estimate of drug-likeness (QED) is 0.182. The average molecular weight is 536 g/mol. The van der Waals surface area contributed by atoms with Gasteiger partial charge in [0.1, 0.15) is 18.2 Å². The van der Waals surface area contributed by atoms with Crippen molar-refractivity contribution in [3.8, 4) is 16.9 Å². The number of hydrogen-bond donors (Lipinski definition) is 3.